The molecule has 24 heavy (non-hydrogen) atoms. The quantitative estimate of drug-likeness (QED) is 0.326. The Morgan fingerprint density at radius 1 is 1.25 bits per heavy atom. The molecule has 134 valence electrons. The fourth-order valence-corrected chi connectivity index (χ4v) is 4.14. The number of nitrogens with zero attached hydrogens (tertiary/aromatic N) is 4. The first-order valence-electron chi connectivity index (χ1n) is 9.29. The zero-order chi connectivity index (χ0) is 16.8. The Balaban J connectivity index is 1.45. The molecule has 1 heterocycles. The van der Waals surface area contributed by atoms with Crippen LogP contribution >= 0.6 is 11.8 Å². The van der Waals surface area contributed by atoms with Crippen molar-refractivity contribution in [1.82, 2.24) is 20.1 Å². The lowest BCUT2D eigenvalue weighted by molar-refractivity contribution is 0.326. The Labute approximate surface area is 149 Å². The van der Waals surface area contributed by atoms with Gasteiger partial charge < -0.3 is 15.6 Å². The molecule has 1 aromatic rings. The molecule has 7 heteroatoms. The maximum Gasteiger partial charge on any atom is 0.191 e. The number of rotatable bonds is 8. The lowest BCUT2D eigenvalue weighted by Crippen LogP contribution is -2.33. The lowest BCUT2D eigenvalue weighted by atomic mass is 9.86. The van der Waals surface area contributed by atoms with Crippen LogP contribution in [0.5, 0.6) is 0 Å². The zero-order valence-corrected chi connectivity index (χ0v) is 15.5. The van der Waals surface area contributed by atoms with Crippen molar-refractivity contribution in [3.63, 3.8) is 0 Å². The predicted molar refractivity (Wildman–Crippen MR) is 99.5 cm³/mol. The highest BCUT2D eigenvalue weighted by molar-refractivity contribution is 7.98. The van der Waals surface area contributed by atoms with Gasteiger partial charge in [-0.15, -0.1) is 10.2 Å². The van der Waals surface area contributed by atoms with Gasteiger partial charge in [0.15, 0.2) is 11.1 Å². The van der Waals surface area contributed by atoms with Gasteiger partial charge in [-0.2, -0.15) is 0 Å². The van der Waals surface area contributed by atoms with E-state index in [9.17, 15) is 0 Å². The second kappa shape index (κ2) is 8.74. The van der Waals surface area contributed by atoms with Gasteiger partial charge in [0.25, 0.3) is 0 Å². The molecule has 0 atom stereocenters. The van der Waals surface area contributed by atoms with Crippen molar-refractivity contribution in [3.8, 4) is 0 Å². The van der Waals surface area contributed by atoms with E-state index in [0.717, 1.165) is 42.8 Å². The fraction of sp³-hybridized carbons (Fsp3) is 0.824. The fourth-order valence-electron chi connectivity index (χ4n) is 3.57. The van der Waals surface area contributed by atoms with Crippen LogP contribution in [0.25, 0.3) is 0 Å². The Bertz CT molecular complexity index is 545. The highest BCUT2D eigenvalue weighted by atomic mass is 32.2. The molecule has 0 aliphatic heterocycles. The van der Waals surface area contributed by atoms with E-state index in [-0.39, 0.29) is 0 Å². The van der Waals surface area contributed by atoms with Gasteiger partial charge in [-0.1, -0.05) is 31.0 Å². The molecule has 2 saturated carbocycles. The largest absolute Gasteiger partial charge is 0.370 e. The molecule has 2 aliphatic rings. The summed E-state index contributed by atoms with van der Waals surface area (Å²) in [5, 5.41) is 13.1. The van der Waals surface area contributed by atoms with Gasteiger partial charge in [0.1, 0.15) is 5.82 Å². The Morgan fingerprint density at radius 3 is 2.71 bits per heavy atom. The van der Waals surface area contributed by atoms with Gasteiger partial charge in [0, 0.05) is 25.6 Å². The van der Waals surface area contributed by atoms with Crippen LogP contribution in [-0.4, -0.2) is 40.1 Å². The number of thioether (sulfide) groups is 1. The Morgan fingerprint density at radius 2 is 2.04 bits per heavy atom. The number of hydrogen-bond donors (Lipinski definition) is 2. The molecule has 2 aliphatic carbocycles. The maximum atomic E-state index is 5.94. The van der Waals surface area contributed by atoms with Crippen LogP contribution in [0, 0.1) is 5.92 Å². The molecule has 0 aromatic carbocycles. The molecule has 0 spiro atoms. The number of aliphatic imine (C=N–C) groups is 1. The summed E-state index contributed by atoms with van der Waals surface area (Å²) in [6, 6.07) is 0.597. The Kier molecular flexibility index (Phi) is 6.40. The number of aryl methyl sites for hydroxylation is 1. The van der Waals surface area contributed by atoms with Crippen LogP contribution in [-0.2, 0) is 6.42 Å². The minimum Gasteiger partial charge on any atom is -0.370 e. The molecule has 3 N–H and O–H groups in total. The summed E-state index contributed by atoms with van der Waals surface area (Å²) >= 11 is 1.70. The minimum absolute atomic E-state index is 0.587. The summed E-state index contributed by atoms with van der Waals surface area (Å²) in [6.45, 7) is 1.72. The molecule has 1 aromatic heterocycles. The first-order valence-corrected chi connectivity index (χ1v) is 10.5. The van der Waals surface area contributed by atoms with Crippen molar-refractivity contribution >= 4 is 17.7 Å². The van der Waals surface area contributed by atoms with Crippen molar-refractivity contribution in [2.75, 3.05) is 19.3 Å². The van der Waals surface area contributed by atoms with Crippen LogP contribution in [0.4, 0.5) is 0 Å². The lowest BCUT2D eigenvalue weighted by Gasteiger charge is -2.23. The molecule has 2 fully saturated rings. The van der Waals surface area contributed by atoms with E-state index in [2.05, 4.69) is 31.3 Å². The summed E-state index contributed by atoms with van der Waals surface area (Å²) in [5.74, 6) is 2.47. The molecule has 0 radical (unpaired) electrons. The molecular formula is C17H30N6S. The van der Waals surface area contributed by atoms with E-state index in [1.54, 1.807) is 11.8 Å². The van der Waals surface area contributed by atoms with Crippen LogP contribution in [0.1, 0.15) is 63.2 Å². The van der Waals surface area contributed by atoms with Crippen molar-refractivity contribution in [2.24, 2.45) is 16.6 Å². The van der Waals surface area contributed by atoms with Crippen molar-refractivity contribution in [1.29, 1.82) is 0 Å². The highest BCUT2D eigenvalue weighted by Gasteiger charge is 2.23. The van der Waals surface area contributed by atoms with Crippen LogP contribution in [0.2, 0.25) is 0 Å². The van der Waals surface area contributed by atoms with E-state index in [0.29, 0.717) is 12.0 Å². The molecular weight excluding hydrogens is 320 g/mol. The van der Waals surface area contributed by atoms with Crippen molar-refractivity contribution in [2.45, 2.75) is 69.0 Å². The molecule has 6 nitrogen and oxygen atoms in total. The van der Waals surface area contributed by atoms with Crippen molar-refractivity contribution in [3.05, 3.63) is 5.82 Å². The summed E-state index contributed by atoms with van der Waals surface area (Å²) in [5.41, 5.74) is 5.94. The van der Waals surface area contributed by atoms with Gasteiger partial charge in [-0.3, -0.25) is 4.99 Å². The second-order valence-electron chi connectivity index (χ2n) is 6.96. The normalized spacial score (nSPS) is 19.6. The third kappa shape index (κ3) is 4.43. The third-order valence-electron chi connectivity index (χ3n) is 5.24. The van der Waals surface area contributed by atoms with Gasteiger partial charge in [-0.25, -0.2) is 0 Å². The number of nitrogens with one attached hydrogen (secondary N) is 1. The first kappa shape index (κ1) is 17.6. The van der Waals surface area contributed by atoms with E-state index < -0.39 is 0 Å². The van der Waals surface area contributed by atoms with Crippen LogP contribution in [0.15, 0.2) is 10.1 Å². The summed E-state index contributed by atoms with van der Waals surface area (Å²) < 4.78 is 2.38. The molecule has 0 amide bonds. The first-order chi connectivity index (χ1) is 11.8. The number of nitrogens with two attached hydrogens (primary N) is 1. The van der Waals surface area contributed by atoms with Gasteiger partial charge in [0.2, 0.25) is 0 Å². The van der Waals surface area contributed by atoms with E-state index in [1.165, 1.54) is 44.9 Å². The van der Waals surface area contributed by atoms with Crippen molar-refractivity contribution < 1.29 is 0 Å². The standard InChI is InChI=1S/C17H30N6S/c1-24-17-22-21-15(23(17)14-8-2-3-9-14)10-5-11-19-16(18)20-12-13-6-4-7-13/h13-14H,2-12H2,1H3,(H3,18,19,20). The monoisotopic (exact) mass is 350 g/mol. The number of hydrogen-bond acceptors (Lipinski definition) is 4. The number of aromatic nitrogens is 3. The smallest absolute Gasteiger partial charge is 0.191 e. The van der Waals surface area contributed by atoms with Crippen LogP contribution < -0.4 is 11.1 Å². The number of guanidine groups is 1. The van der Waals surface area contributed by atoms with E-state index in [4.69, 9.17) is 5.73 Å². The second-order valence-corrected chi connectivity index (χ2v) is 7.74. The zero-order valence-electron chi connectivity index (χ0n) is 14.7. The van der Waals surface area contributed by atoms with Gasteiger partial charge >= 0.3 is 0 Å². The highest BCUT2D eigenvalue weighted by Crippen LogP contribution is 2.33. The molecule has 3 rings (SSSR count). The maximum absolute atomic E-state index is 5.94. The average molecular weight is 351 g/mol. The molecule has 0 saturated heterocycles. The SMILES string of the molecule is CSc1nnc(CCCNC(N)=NCC2CCC2)n1C1CCCC1. The predicted octanol–water partition coefficient (Wildman–Crippen LogP) is 2.75. The van der Waals surface area contributed by atoms with Gasteiger partial charge in [0.05, 0.1) is 0 Å². The average Bonchev–Trinajstić information content (AvgIpc) is 3.18. The van der Waals surface area contributed by atoms with E-state index >= 15 is 0 Å². The molecule has 0 bridgehead atoms. The van der Waals surface area contributed by atoms with Crippen LogP contribution in [0.3, 0.4) is 0 Å². The topological polar surface area (TPSA) is 81.1 Å². The summed E-state index contributed by atoms with van der Waals surface area (Å²) in [4.78, 5) is 4.44. The third-order valence-corrected chi connectivity index (χ3v) is 5.88. The summed E-state index contributed by atoms with van der Waals surface area (Å²) in [6.07, 6.45) is 13.2. The van der Waals surface area contributed by atoms with Gasteiger partial charge in [-0.05, 0) is 44.3 Å². The molecule has 0 unspecified atom stereocenters. The Hall–Kier alpha value is -1.24. The summed E-state index contributed by atoms with van der Waals surface area (Å²) in [7, 11) is 0. The minimum atomic E-state index is 0.587. The van der Waals surface area contributed by atoms with E-state index in [1.807, 2.05) is 0 Å².